The van der Waals surface area contributed by atoms with E-state index in [1.807, 2.05) is 13.0 Å². The minimum atomic E-state index is 0.328. The minimum absolute atomic E-state index is 0.328. The maximum absolute atomic E-state index is 12.3. The number of hydrogen-bond acceptors (Lipinski definition) is 2. The fourth-order valence-corrected chi connectivity index (χ4v) is 3.12. The van der Waals surface area contributed by atoms with E-state index in [0.717, 1.165) is 52.0 Å². The number of unbranched alkanes of at least 4 members (excludes halogenated alkanes) is 1. The van der Waals surface area contributed by atoms with Crippen LogP contribution in [-0.4, -0.2) is 37.1 Å². The summed E-state index contributed by atoms with van der Waals surface area (Å²) in [7, 11) is 0. The van der Waals surface area contributed by atoms with Gasteiger partial charge in [0.25, 0.3) is 0 Å². The van der Waals surface area contributed by atoms with Crippen molar-refractivity contribution in [1.29, 1.82) is 0 Å². The second-order valence-corrected chi connectivity index (χ2v) is 6.20. The van der Waals surface area contributed by atoms with Gasteiger partial charge in [0.15, 0.2) is 0 Å². The monoisotopic (exact) mass is 303 g/mol. The summed E-state index contributed by atoms with van der Waals surface area (Å²) in [6.07, 6.45) is 6.15. The molecule has 1 amide bonds. The number of piperidine rings is 1. The molecule has 0 saturated carbocycles. The maximum Gasteiger partial charge on any atom is 0.222 e. The number of hydrogen-bond donors (Lipinski definition) is 0. The van der Waals surface area contributed by atoms with Crippen molar-refractivity contribution in [3.05, 3.63) is 35.9 Å². The summed E-state index contributed by atoms with van der Waals surface area (Å²) < 4.78 is 5.51. The second-order valence-electron chi connectivity index (χ2n) is 6.20. The number of amides is 1. The molecule has 1 atom stereocenters. The molecule has 1 aromatic carbocycles. The van der Waals surface area contributed by atoms with Gasteiger partial charge in [0, 0.05) is 26.1 Å². The quantitative estimate of drug-likeness (QED) is 0.686. The van der Waals surface area contributed by atoms with Crippen LogP contribution in [0, 0.1) is 5.92 Å². The Morgan fingerprint density at radius 1 is 1.27 bits per heavy atom. The Balaban J connectivity index is 1.64. The van der Waals surface area contributed by atoms with Crippen molar-refractivity contribution in [1.82, 2.24) is 4.90 Å². The zero-order valence-corrected chi connectivity index (χ0v) is 13.8. The van der Waals surface area contributed by atoms with Gasteiger partial charge in [0.05, 0.1) is 6.61 Å². The Labute approximate surface area is 134 Å². The molecular formula is C19H29NO2. The highest BCUT2D eigenvalue weighted by atomic mass is 16.5. The first-order valence-corrected chi connectivity index (χ1v) is 8.69. The molecular weight excluding hydrogens is 274 g/mol. The number of carbonyl (C=O) groups is 1. The molecule has 0 bridgehead atoms. The molecule has 0 N–H and O–H groups in total. The van der Waals surface area contributed by atoms with Crippen molar-refractivity contribution in [3.63, 3.8) is 0 Å². The van der Waals surface area contributed by atoms with E-state index in [0.29, 0.717) is 18.2 Å². The lowest BCUT2D eigenvalue weighted by molar-refractivity contribution is -0.133. The lowest BCUT2D eigenvalue weighted by Crippen LogP contribution is -2.41. The first-order chi connectivity index (χ1) is 10.8. The molecule has 0 aliphatic carbocycles. The minimum Gasteiger partial charge on any atom is -0.381 e. The average Bonchev–Trinajstić information content (AvgIpc) is 2.58. The van der Waals surface area contributed by atoms with Crippen LogP contribution in [0.15, 0.2) is 30.3 Å². The van der Waals surface area contributed by atoms with Gasteiger partial charge in [0.1, 0.15) is 0 Å². The molecule has 1 saturated heterocycles. The molecule has 1 unspecified atom stereocenters. The Bertz CT molecular complexity index is 432. The van der Waals surface area contributed by atoms with Gasteiger partial charge >= 0.3 is 0 Å². The van der Waals surface area contributed by atoms with E-state index in [1.54, 1.807) is 0 Å². The van der Waals surface area contributed by atoms with Crippen molar-refractivity contribution in [2.75, 3.05) is 26.3 Å². The van der Waals surface area contributed by atoms with Crippen LogP contribution in [0.4, 0.5) is 0 Å². The zero-order chi connectivity index (χ0) is 15.6. The summed E-state index contributed by atoms with van der Waals surface area (Å²) in [4.78, 5) is 14.4. The van der Waals surface area contributed by atoms with E-state index in [-0.39, 0.29) is 0 Å². The third-order valence-corrected chi connectivity index (χ3v) is 4.38. The Hall–Kier alpha value is -1.35. The molecule has 2 rings (SSSR count). The van der Waals surface area contributed by atoms with Crippen LogP contribution >= 0.6 is 0 Å². The number of likely N-dealkylation sites (tertiary alicyclic amines) is 1. The molecule has 1 heterocycles. The smallest absolute Gasteiger partial charge is 0.222 e. The molecule has 0 spiro atoms. The molecule has 0 radical (unpaired) electrons. The summed E-state index contributed by atoms with van der Waals surface area (Å²) in [6.45, 7) is 5.41. The van der Waals surface area contributed by atoms with Crippen LogP contribution in [0.1, 0.15) is 44.6 Å². The van der Waals surface area contributed by atoms with E-state index >= 15 is 0 Å². The normalized spacial score (nSPS) is 18.4. The van der Waals surface area contributed by atoms with E-state index in [9.17, 15) is 4.79 Å². The third-order valence-electron chi connectivity index (χ3n) is 4.38. The van der Waals surface area contributed by atoms with Crippen molar-refractivity contribution in [3.8, 4) is 0 Å². The van der Waals surface area contributed by atoms with Crippen LogP contribution in [0.3, 0.4) is 0 Å². The van der Waals surface area contributed by atoms with E-state index < -0.39 is 0 Å². The van der Waals surface area contributed by atoms with Gasteiger partial charge in [-0.25, -0.2) is 0 Å². The van der Waals surface area contributed by atoms with Gasteiger partial charge in [-0.1, -0.05) is 30.3 Å². The van der Waals surface area contributed by atoms with Crippen LogP contribution in [-0.2, 0) is 16.0 Å². The van der Waals surface area contributed by atoms with E-state index in [2.05, 4.69) is 29.2 Å². The van der Waals surface area contributed by atoms with Gasteiger partial charge in [-0.3, -0.25) is 4.79 Å². The molecule has 1 fully saturated rings. The molecule has 3 nitrogen and oxygen atoms in total. The summed E-state index contributed by atoms with van der Waals surface area (Å²) in [5, 5.41) is 0. The van der Waals surface area contributed by atoms with Gasteiger partial charge in [-0.15, -0.1) is 0 Å². The fraction of sp³-hybridized carbons (Fsp3) is 0.632. The molecule has 1 aliphatic heterocycles. The highest BCUT2D eigenvalue weighted by molar-refractivity contribution is 5.76. The first kappa shape index (κ1) is 17.0. The van der Waals surface area contributed by atoms with Gasteiger partial charge in [0.2, 0.25) is 5.91 Å². The molecule has 0 aromatic heterocycles. The fourth-order valence-electron chi connectivity index (χ4n) is 3.12. The van der Waals surface area contributed by atoms with Crippen LogP contribution < -0.4 is 0 Å². The Kier molecular flexibility index (Phi) is 7.44. The predicted molar refractivity (Wildman–Crippen MR) is 89.8 cm³/mol. The number of rotatable bonds is 8. The zero-order valence-electron chi connectivity index (χ0n) is 13.8. The standard InChI is InChI=1S/C19H29NO2/c1-2-22-16-18-12-8-14-20(15-18)19(21)13-7-6-11-17-9-4-3-5-10-17/h3-5,9-10,18H,2,6-8,11-16H2,1H3. The largest absolute Gasteiger partial charge is 0.381 e. The first-order valence-electron chi connectivity index (χ1n) is 8.69. The maximum atomic E-state index is 12.3. The summed E-state index contributed by atoms with van der Waals surface area (Å²) >= 11 is 0. The third kappa shape index (κ3) is 5.80. The van der Waals surface area contributed by atoms with Gasteiger partial charge < -0.3 is 9.64 Å². The van der Waals surface area contributed by atoms with Crippen molar-refractivity contribution in [2.24, 2.45) is 5.92 Å². The number of nitrogens with zero attached hydrogens (tertiary/aromatic N) is 1. The number of aryl methyl sites for hydroxylation is 1. The van der Waals surface area contributed by atoms with Crippen molar-refractivity contribution in [2.45, 2.75) is 45.4 Å². The lowest BCUT2D eigenvalue weighted by atomic mass is 9.98. The predicted octanol–water partition coefficient (Wildman–Crippen LogP) is 3.67. The second kappa shape index (κ2) is 9.62. The number of benzene rings is 1. The average molecular weight is 303 g/mol. The highest BCUT2D eigenvalue weighted by Gasteiger charge is 2.23. The highest BCUT2D eigenvalue weighted by Crippen LogP contribution is 2.18. The van der Waals surface area contributed by atoms with Crippen molar-refractivity contribution < 1.29 is 9.53 Å². The summed E-state index contributed by atoms with van der Waals surface area (Å²) in [5.41, 5.74) is 1.37. The molecule has 122 valence electrons. The van der Waals surface area contributed by atoms with Crippen LogP contribution in [0.2, 0.25) is 0 Å². The Morgan fingerprint density at radius 3 is 2.86 bits per heavy atom. The lowest BCUT2D eigenvalue weighted by Gasteiger charge is -2.32. The molecule has 3 heteroatoms. The number of carbonyl (C=O) groups excluding carboxylic acids is 1. The summed E-state index contributed by atoms with van der Waals surface area (Å²) in [6, 6.07) is 10.5. The van der Waals surface area contributed by atoms with E-state index in [4.69, 9.17) is 4.74 Å². The molecule has 1 aromatic rings. The number of ether oxygens (including phenoxy) is 1. The van der Waals surface area contributed by atoms with Gasteiger partial charge in [-0.2, -0.15) is 0 Å². The van der Waals surface area contributed by atoms with Crippen molar-refractivity contribution >= 4 is 5.91 Å². The molecule has 22 heavy (non-hydrogen) atoms. The topological polar surface area (TPSA) is 29.5 Å². The summed E-state index contributed by atoms with van der Waals surface area (Å²) in [5.74, 6) is 0.858. The Morgan fingerprint density at radius 2 is 2.09 bits per heavy atom. The molecule has 1 aliphatic rings. The SMILES string of the molecule is CCOCC1CCCN(C(=O)CCCCc2ccccc2)C1. The van der Waals surface area contributed by atoms with Gasteiger partial charge in [-0.05, 0) is 50.5 Å². The van der Waals surface area contributed by atoms with Crippen LogP contribution in [0.25, 0.3) is 0 Å². The van der Waals surface area contributed by atoms with Crippen LogP contribution in [0.5, 0.6) is 0 Å². The van der Waals surface area contributed by atoms with E-state index in [1.165, 1.54) is 12.0 Å².